The number of Topliss-reactive ketones (excluding diaryl/α,β-unsaturated/α-hetero) is 1. The van der Waals surface area contributed by atoms with E-state index in [0.717, 1.165) is 19.3 Å². The van der Waals surface area contributed by atoms with Crippen LogP contribution in [0.15, 0.2) is 60.7 Å². The van der Waals surface area contributed by atoms with Gasteiger partial charge in [0.2, 0.25) is 17.7 Å². The van der Waals surface area contributed by atoms with Crippen molar-refractivity contribution in [2.75, 3.05) is 6.61 Å². The molecule has 258 valence electrons. The first-order valence-corrected chi connectivity index (χ1v) is 15.2. The topological polar surface area (TPSA) is 213 Å². The number of aryl methyl sites for hydroxylation is 2. The minimum atomic E-state index is -1.55. The quantitative estimate of drug-likeness (QED) is 0.224. The molecule has 2 aromatic carbocycles. The molecule has 0 heterocycles. The van der Waals surface area contributed by atoms with Crippen LogP contribution in [0.3, 0.4) is 0 Å². The molecule has 45 heavy (non-hydrogen) atoms. The molecule has 0 aliphatic carbocycles. The van der Waals surface area contributed by atoms with E-state index in [-0.39, 0.29) is 17.6 Å². The lowest BCUT2D eigenvalue weighted by Gasteiger charge is -2.18. The number of primary amides is 3. The van der Waals surface area contributed by atoms with Gasteiger partial charge in [-0.3, -0.25) is 19.2 Å². The zero-order chi connectivity index (χ0) is 36.0. The third-order valence-electron chi connectivity index (χ3n) is 5.47. The molecular weight excluding hydrogens is 572 g/mol. The van der Waals surface area contributed by atoms with Gasteiger partial charge in [-0.2, -0.15) is 0 Å². The molecule has 0 saturated carbocycles. The van der Waals surface area contributed by atoms with E-state index in [9.17, 15) is 24.3 Å². The highest BCUT2D eigenvalue weighted by Crippen LogP contribution is 2.12. The summed E-state index contributed by atoms with van der Waals surface area (Å²) in [7, 11) is 0. The maximum Gasteiger partial charge on any atom is 0.234 e. The van der Waals surface area contributed by atoms with Crippen molar-refractivity contribution in [2.24, 2.45) is 34.8 Å². The Labute approximate surface area is 272 Å². The minimum absolute atomic E-state index is 0.196. The van der Waals surface area contributed by atoms with Gasteiger partial charge in [0.1, 0.15) is 5.60 Å². The van der Waals surface area contributed by atoms with Gasteiger partial charge in [-0.25, -0.2) is 0 Å². The van der Waals surface area contributed by atoms with Crippen molar-refractivity contribution >= 4 is 23.5 Å². The number of amides is 3. The standard InChI is InChI=1S/C9H18O3.C8H10.C7H8.C6H13NO.C3H8N2O.C2H5NO/c1-7(2)4-5-8(11)9(3,12)6-10;1-2-8-6-4-3-5-7-8;1-7-5-3-2-4-6-7;1-5(2)3-4-6(7)8;1-2(4)3(5)6;1-2(3)4/h7,10,12H,4-6H2,1-3H3;3-7H,2H2,1H3;2-6H,1H3;5H,3-4H2,1-2H3,(H2,7,8);2H,4H2,1H3,(H2,5,6);1H3,(H2,3,4)/t;;;;2-;/m....0./s1. The van der Waals surface area contributed by atoms with Crippen LogP contribution in [0, 0.1) is 18.8 Å². The summed E-state index contributed by atoms with van der Waals surface area (Å²) >= 11 is 0. The van der Waals surface area contributed by atoms with E-state index in [4.69, 9.17) is 16.6 Å². The Hall–Kier alpha value is -3.60. The predicted molar refractivity (Wildman–Crippen MR) is 185 cm³/mol. The molecule has 0 aliphatic rings. The Balaban J connectivity index is -0.000000230. The van der Waals surface area contributed by atoms with E-state index in [0.29, 0.717) is 24.7 Å². The summed E-state index contributed by atoms with van der Waals surface area (Å²) in [6.45, 7) is 16.1. The first kappa shape index (κ1) is 48.3. The zero-order valence-corrected chi connectivity index (χ0v) is 29.1. The molecule has 0 aromatic heterocycles. The molecule has 10 heteroatoms. The molecule has 0 fully saturated rings. The second-order valence-corrected chi connectivity index (χ2v) is 11.5. The monoisotopic (exact) mass is 634 g/mol. The van der Waals surface area contributed by atoms with Crippen LogP contribution < -0.4 is 22.9 Å². The van der Waals surface area contributed by atoms with Crippen molar-refractivity contribution in [3.8, 4) is 0 Å². The van der Waals surface area contributed by atoms with E-state index in [2.05, 4.69) is 75.6 Å². The van der Waals surface area contributed by atoms with Crippen molar-refractivity contribution in [3.63, 3.8) is 0 Å². The number of carbonyl (C=O) groups is 4. The number of aliphatic hydroxyl groups is 2. The average Bonchev–Trinajstić information content (AvgIpc) is 2.96. The molecule has 0 aliphatic heterocycles. The summed E-state index contributed by atoms with van der Waals surface area (Å²) in [6.07, 6.45) is 3.67. The van der Waals surface area contributed by atoms with Gasteiger partial charge in [0.05, 0.1) is 12.6 Å². The van der Waals surface area contributed by atoms with Gasteiger partial charge >= 0.3 is 0 Å². The second kappa shape index (κ2) is 30.4. The van der Waals surface area contributed by atoms with Gasteiger partial charge in [0.25, 0.3) is 0 Å². The number of rotatable bonds is 10. The Morgan fingerprint density at radius 1 is 0.778 bits per heavy atom. The number of carbonyl (C=O) groups excluding carboxylic acids is 4. The van der Waals surface area contributed by atoms with E-state index in [1.54, 1.807) is 6.92 Å². The highest BCUT2D eigenvalue weighted by atomic mass is 16.3. The number of hydrogen-bond acceptors (Lipinski definition) is 7. The third kappa shape index (κ3) is 42.6. The van der Waals surface area contributed by atoms with E-state index in [1.165, 1.54) is 25.0 Å². The normalized spacial score (nSPS) is 11.4. The maximum absolute atomic E-state index is 11.2. The molecule has 2 aromatic rings. The van der Waals surface area contributed by atoms with Crippen molar-refractivity contribution in [3.05, 3.63) is 71.8 Å². The van der Waals surface area contributed by atoms with Crippen molar-refractivity contribution in [1.82, 2.24) is 0 Å². The van der Waals surface area contributed by atoms with Crippen molar-refractivity contribution in [2.45, 2.75) is 106 Å². The molecule has 0 radical (unpaired) electrons. The smallest absolute Gasteiger partial charge is 0.234 e. The van der Waals surface area contributed by atoms with Gasteiger partial charge in [-0.15, -0.1) is 0 Å². The van der Waals surface area contributed by atoms with Gasteiger partial charge in [-0.05, 0) is 57.4 Å². The number of nitrogens with two attached hydrogens (primary N) is 4. The molecule has 0 bridgehead atoms. The van der Waals surface area contributed by atoms with E-state index < -0.39 is 24.2 Å². The number of aliphatic hydroxyl groups excluding tert-OH is 1. The molecule has 2 atom stereocenters. The lowest BCUT2D eigenvalue weighted by atomic mass is 9.95. The van der Waals surface area contributed by atoms with Crippen LogP contribution in [-0.2, 0) is 25.6 Å². The van der Waals surface area contributed by atoms with Gasteiger partial charge in [0.15, 0.2) is 5.78 Å². The van der Waals surface area contributed by atoms with Crippen LogP contribution in [0.5, 0.6) is 0 Å². The summed E-state index contributed by atoms with van der Waals surface area (Å²) < 4.78 is 0. The minimum Gasteiger partial charge on any atom is -0.393 e. The largest absolute Gasteiger partial charge is 0.393 e. The van der Waals surface area contributed by atoms with Crippen LogP contribution in [-0.4, -0.2) is 52.0 Å². The summed E-state index contributed by atoms with van der Waals surface area (Å²) in [5.41, 5.74) is 20.2. The molecule has 3 amide bonds. The molecule has 10 nitrogen and oxygen atoms in total. The fourth-order valence-corrected chi connectivity index (χ4v) is 2.46. The van der Waals surface area contributed by atoms with Crippen LogP contribution in [0.1, 0.15) is 92.2 Å². The van der Waals surface area contributed by atoms with Gasteiger partial charge < -0.3 is 33.1 Å². The van der Waals surface area contributed by atoms with Crippen LogP contribution in [0.25, 0.3) is 0 Å². The molecule has 1 unspecified atom stereocenters. The second-order valence-electron chi connectivity index (χ2n) is 11.5. The van der Waals surface area contributed by atoms with Crippen molar-refractivity contribution < 1.29 is 29.4 Å². The number of benzene rings is 2. The summed E-state index contributed by atoms with van der Waals surface area (Å²) in [4.78, 5) is 40.3. The Kier molecular flexibility index (Phi) is 32.7. The SMILES string of the molecule is CC(C)CCC(=O)C(C)(O)CO.CC(C)CCC(N)=O.CC(N)=O.CCc1ccccc1.C[C@H](N)C(N)=O.Cc1ccccc1. The highest BCUT2D eigenvalue weighted by molar-refractivity contribution is 5.86. The maximum atomic E-state index is 11.2. The fourth-order valence-electron chi connectivity index (χ4n) is 2.46. The molecule has 0 saturated heterocycles. The average molecular weight is 635 g/mol. The summed E-state index contributed by atoms with van der Waals surface area (Å²) in [5.74, 6) is -0.238. The number of hydrogen-bond donors (Lipinski definition) is 6. The van der Waals surface area contributed by atoms with Gasteiger partial charge in [-0.1, -0.05) is 101 Å². The highest BCUT2D eigenvalue weighted by Gasteiger charge is 2.28. The van der Waals surface area contributed by atoms with Crippen LogP contribution in [0.2, 0.25) is 0 Å². The molecule has 2 rings (SSSR count). The first-order valence-electron chi connectivity index (χ1n) is 15.2. The Morgan fingerprint density at radius 3 is 1.33 bits per heavy atom. The molecule has 0 spiro atoms. The lowest BCUT2D eigenvalue weighted by molar-refractivity contribution is -0.139. The number of ketones is 1. The van der Waals surface area contributed by atoms with Crippen LogP contribution in [0.4, 0.5) is 0 Å². The molecule has 10 N–H and O–H groups in total. The Bertz CT molecular complexity index is 1010. The van der Waals surface area contributed by atoms with Crippen LogP contribution >= 0.6 is 0 Å². The Morgan fingerprint density at radius 2 is 1.13 bits per heavy atom. The molecular formula is C35H62N4O6. The summed E-state index contributed by atoms with van der Waals surface area (Å²) in [5, 5.41) is 18.0. The first-order chi connectivity index (χ1) is 20.7. The van der Waals surface area contributed by atoms with Crippen molar-refractivity contribution in [1.29, 1.82) is 0 Å². The summed E-state index contributed by atoms with van der Waals surface area (Å²) in [6, 6.07) is 20.2. The fraction of sp³-hybridized carbons (Fsp3) is 0.543. The van der Waals surface area contributed by atoms with E-state index in [1.807, 2.05) is 38.1 Å². The third-order valence-corrected chi connectivity index (χ3v) is 5.47. The lowest BCUT2D eigenvalue weighted by Crippen LogP contribution is -2.38. The van der Waals surface area contributed by atoms with E-state index >= 15 is 0 Å². The zero-order valence-electron chi connectivity index (χ0n) is 29.1. The predicted octanol–water partition coefficient (Wildman–Crippen LogP) is 4.20. The van der Waals surface area contributed by atoms with Gasteiger partial charge in [0, 0.05) is 19.8 Å².